The Labute approximate surface area is 130 Å². The topological polar surface area (TPSA) is 44.8 Å². The van der Waals surface area contributed by atoms with E-state index in [0.717, 1.165) is 12.0 Å². The van der Waals surface area contributed by atoms with Crippen molar-refractivity contribution < 1.29 is 19.0 Å². The van der Waals surface area contributed by atoms with E-state index < -0.39 is 5.97 Å². The number of benzene rings is 2. The molecule has 0 aliphatic carbocycles. The van der Waals surface area contributed by atoms with E-state index in [0.29, 0.717) is 29.4 Å². The number of para-hydroxylation sites is 1. The van der Waals surface area contributed by atoms with Gasteiger partial charge < -0.3 is 14.2 Å². The van der Waals surface area contributed by atoms with E-state index in [1.165, 1.54) is 0 Å². The third-order valence-electron chi connectivity index (χ3n) is 3.25. The quantitative estimate of drug-likeness (QED) is 0.600. The average Bonchev–Trinajstić information content (AvgIpc) is 2.56. The van der Waals surface area contributed by atoms with Gasteiger partial charge in [-0.2, -0.15) is 0 Å². The van der Waals surface area contributed by atoms with Crippen LogP contribution >= 0.6 is 0 Å². The van der Waals surface area contributed by atoms with Gasteiger partial charge in [0.05, 0.1) is 13.7 Å². The second-order valence-corrected chi connectivity index (χ2v) is 4.66. The summed E-state index contributed by atoms with van der Waals surface area (Å²) in [4.78, 5) is 12.4. The molecule has 0 radical (unpaired) electrons. The van der Waals surface area contributed by atoms with Crippen molar-refractivity contribution in [3.63, 3.8) is 0 Å². The van der Waals surface area contributed by atoms with Gasteiger partial charge in [0.1, 0.15) is 11.3 Å². The van der Waals surface area contributed by atoms with Crippen LogP contribution in [0.3, 0.4) is 0 Å². The highest BCUT2D eigenvalue weighted by molar-refractivity contribution is 5.94. The molecule has 0 aromatic heterocycles. The van der Waals surface area contributed by atoms with Crippen molar-refractivity contribution in [2.24, 2.45) is 0 Å². The van der Waals surface area contributed by atoms with Crippen LogP contribution in [0.15, 0.2) is 42.5 Å². The maximum absolute atomic E-state index is 12.4. The van der Waals surface area contributed by atoms with Gasteiger partial charge in [-0.05, 0) is 43.2 Å². The number of rotatable bonds is 6. The summed E-state index contributed by atoms with van der Waals surface area (Å²) in [6.45, 7) is 4.41. The molecule has 0 heterocycles. The molecule has 4 nitrogen and oxygen atoms in total. The van der Waals surface area contributed by atoms with Crippen LogP contribution in [0.5, 0.6) is 17.2 Å². The highest BCUT2D eigenvalue weighted by Gasteiger charge is 2.16. The molecule has 0 atom stereocenters. The van der Waals surface area contributed by atoms with Gasteiger partial charge >= 0.3 is 5.97 Å². The molecule has 22 heavy (non-hydrogen) atoms. The van der Waals surface area contributed by atoms with Crippen molar-refractivity contribution in [3.05, 3.63) is 53.6 Å². The molecule has 0 saturated carbocycles. The van der Waals surface area contributed by atoms with Crippen LogP contribution in [-0.2, 0) is 6.42 Å². The van der Waals surface area contributed by atoms with Gasteiger partial charge in [0.15, 0.2) is 11.5 Å². The van der Waals surface area contributed by atoms with Crippen LogP contribution in [-0.4, -0.2) is 19.7 Å². The second-order valence-electron chi connectivity index (χ2n) is 4.66. The van der Waals surface area contributed by atoms with E-state index >= 15 is 0 Å². The number of aryl methyl sites for hydroxylation is 1. The number of carbonyl (C=O) groups is 1. The van der Waals surface area contributed by atoms with E-state index in [4.69, 9.17) is 14.2 Å². The molecule has 116 valence electrons. The number of ether oxygens (including phenoxy) is 3. The van der Waals surface area contributed by atoms with Crippen molar-refractivity contribution in [2.75, 3.05) is 13.7 Å². The second kappa shape index (κ2) is 7.50. The fourth-order valence-electron chi connectivity index (χ4n) is 2.09. The highest BCUT2D eigenvalue weighted by Crippen LogP contribution is 2.30. The molecule has 0 bridgehead atoms. The van der Waals surface area contributed by atoms with Crippen molar-refractivity contribution in [1.29, 1.82) is 0 Å². The zero-order valence-corrected chi connectivity index (χ0v) is 13.1. The molecule has 0 amide bonds. The Balaban J connectivity index is 2.26. The third kappa shape index (κ3) is 3.58. The van der Waals surface area contributed by atoms with Gasteiger partial charge in [0.2, 0.25) is 0 Å². The number of hydrogen-bond acceptors (Lipinski definition) is 4. The lowest BCUT2D eigenvalue weighted by Gasteiger charge is -2.12. The molecule has 0 aliphatic heterocycles. The molecule has 0 N–H and O–H groups in total. The first-order valence-electron chi connectivity index (χ1n) is 7.30. The van der Waals surface area contributed by atoms with Gasteiger partial charge in [-0.1, -0.05) is 25.1 Å². The molecular weight excluding hydrogens is 280 g/mol. The Kier molecular flexibility index (Phi) is 5.42. The molecule has 2 aromatic carbocycles. The number of esters is 1. The zero-order valence-electron chi connectivity index (χ0n) is 13.1. The van der Waals surface area contributed by atoms with Gasteiger partial charge in [0, 0.05) is 0 Å². The predicted octanol–water partition coefficient (Wildman–Crippen LogP) is 3.88. The van der Waals surface area contributed by atoms with Crippen LogP contribution < -0.4 is 14.2 Å². The lowest BCUT2D eigenvalue weighted by Crippen LogP contribution is -2.11. The minimum absolute atomic E-state index is 0.394. The van der Waals surface area contributed by atoms with Gasteiger partial charge in [0.25, 0.3) is 0 Å². The van der Waals surface area contributed by atoms with E-state index in [-0.39, 0.29) is 0 Å². The molecule has 0 aliphatic rings. The van der Waals surface area contributed by atoms with E-state index in [1.54, 1.807) is 31.4 Å². The highest BCUT2D eigenvalue weighted by atomic mass is 16.6. The summed E-state index contributed by atoms with van der Waals surface area (Å²) < 4.78 is 16.2. The molecule has 0 fully saturated rings. The smallest absolute Gasteiger partial charge is 0.347 e. The first kappa shape index (κ1) is 15.9. The summed E-state index contributed by atoms with van der Waals surface area (Å²) in [6, 6.07) is 12.6. The Morgan fingerprint density at radius 2 is 1.77 bits per heavy atom. The lowest BCUT2D eigenvalue weighted by molar-refractivity contribution is 0.0725. The van der Waals surface area contributed by atoms with Gasteiger partial charge in [-0.15, -0.1) is 0 Å². The maximum atomic E-state index is 12.4. The third-order valence-corrected chi connectivity index (χ3v) is 3.25. The number of methoxy groups -OCH3 is 1. The summed E-state index contributed by atoms with van der Waals surface area (Å²) in [5.74, 6) is 0.989. The first-order valence-corrected chi connectivity index (χ1v) is 7.30. The van der Waals surface area contributed by atoms with Crippen LogP contribution in [0.25, 0.3) is 0 Å². The average molecular weight is 300 g/mol. The summed E-state index contributed by atoms with van der Waals surface area (Å²) >= 11 is 0. The SMILES string of the molecule is CCOc1ccccc1C(=O)Oc1ccc(CC)cc1OC. The Bertz CT molecular complexity index is 649. The van der Waals surface area contributed by atoms with Crippen molar-refractivity contribution >= 4 is 5.97 Å². The molecule has 2 rings (SSSR count). The van der Waals surface area contributed by atoms with Crippen LogP contribution in [0.2, 0.25) is 0 Å². The molecular formula is C18H20O4. The van der Waals surface area contributed by atoms with Crippen LogP contribution in [0.4, 0.5) is 0 Å². The maximum Gasteiger partial charge on any atom is 0.347 e. The first-order chi connectivity index (χ1) is 10.7. The van der Waals surface area contributed by atoms with Crippen LogP contribution in [0.1, 0.15) is 29.8 Å². The van der Waals surface area contributed by atoms with E-state index in [9.17, 15) is 4.79 Å². The van der Waals surface area contributed by atoms with E-state index in [2.05, 4.69) is 6.92 Å². The molecule has 0 spiro atoms. The summed E-state index contributed by atoms with van der Waals surface area (Å²) in [5.41, 5.74) is 1.51. The van der Waals surface area contributed by atoms with Crippen molar-refractivity contribution in [3.8, 4) is 17.2 Å². The number of carbonyl (C=O) groups excluding carboxylic acids is 1. The van der Waals surface area contributed by atoms with Crippen molar-refractivity contribution in [1.82, 2.24) is 0 Å². The number of hydrogen-bond donors (Lipinski definition) is 0. The zero-order chi connectivity index (χ0) is 15.9. The van der Waals surface area contributed by atoms with Crippen LogP contribution in [0, 0.1) is 0 Å². The summed E-state index contributed by atoms with van der Waals surface area (Å²) in [7, 11) is 1.56. The van der Waals surface area contributed by atoms with E-state index in [1.807, 2.05) is 25.1 Å². The normalized spacial score (nSPS) is 10.1. The fourth-order valence-corrected chi connectivity index (χ4v) is 2.09. The Morgan fingerprint density at radius 1 is 1.00 bits per heavy atom. The molecule has 2 aromatic rings. The predicted molar refractivity (Wildman–Crippen MR) is 84.9 cm³/mol. The largest absolute Gasteiger partial charge is 0.493 e. The Hall–Kier alpha value is -2.49. The monoisotopic (exact) mass is 300 g/mol. The minimum Gasteiger partial charge on any atom is -0.493 e. The van der Waals surface area contributed by atoms with Gasteiger partial charge in [-0.3, -0.25) is 0 Å². The van der Waals surface area contributed by atoms with Gasteiger partial charge in [-0.25, -0.2) is 4.79 Å². The molecule has 4 heteroatoms. The summed E-state index contributed by atoms with van der Waals surface area (Å²) in [5, 5.41) is 0. The Morgan fingerprint density at radius 3 is 2.45 bits per heavy atom. The standard InChI is InChI=1S/C18H20O4/c1-4-13-10-11-16(17(12-13)20-3)22-18(19)14-8-6-7-9-15(14)21-5-2/h6-12H,4-5H2,1-3H3. The summed E-state index contributed by atoms with van der Waals surface area (Å²) in [6.07, 6.45) is 0.887. The molecule has 0 unspecified atom stereocenters. The minimum atomic E-state index is -0.466. The fraction of sp³-hybridized carbons (Fsp3) is 0.278. The van der Waals surface area contributed by atoms with Crippen molar-refractivity contribution in [2.45, 2.75) is 20.3 Å². The molecule has 0 saturated heterocycles. The lowest BCUT2D eigenvalue weighted by atomic mass is 10.1.